The third-order valence-corrected chi connectivity index (χ3v) is 5.80. The number of thioether (sulfide) groups is 1. The minimum Gasteiger partial charge on any atom is -0.357 e. The van der Waals surface area contributed by atoms with Gasteiger partial charge in [0, 0.05) is 44.2 Å². The Morgan fingerprint density at radius 3 is 2.63 bits per heavy atom. The normalized spacial score (nSPS) is 18.3. The molecule has 1 N–H and O–H groups in total. The second kappa shape index (κ2) is 12.9. The smallest absolute Gasteiger partial charge is 0.193 e. The molecule has 27 heavy (non-hydrogen) atoms. The summed E-state index contributed by atoms with van der Waals surface area (Å²) in [7, 11) is 2.13. The van der Waals surface area contributed by atoms with Crippen LogP contribution in [0.4, 0.5) is 0 Å². The molecule has 4 nitrogen and oxygen atoms in total. The highest BCUT2D eigenvalue weighted by atomic mass is 127. The molecule has 1 aromatic rings. The van der Waals surface area contributed by atoms with Crippen LogP contribution in [-0.2, 0) is 6.54 Å². The molecule has 0 aliphatic carbocycles. The first-order chi connectivity index (χ1) is 12.5. The van der Waals surface area contributed by atoms with E-state index in [1.54, 1.807) is 11.8 Å². The average Bonchev–Trinajstić information content (AvgIpc) is 2.65. The van der Waals surface area contributed by atoms with Gasteiger partial charge < -0.3 is 15.1 Å². The number of guanidine groups is 1. The second-order valence-corrected chi connectivity index (χ2v) is 8.38. The van der Waals surface area contributed by atoms with Crippen molar-refractivity contribution < 1.29 is 0 Å². The van der Waals surface area contributed by atoms with Crippen LogP contribution < -0.4 is 5.32 Å². The van der Waals surface area contributed by atoms with Crippen molar-refractivity contribution in [2.75, 3.05) is 39.5 Å². The van der Waals surface area contributed by atoms with E-state index >= 15 is 0 Å². The fourth-order valence-electron chi connectivity index (χ4n) is 3.48. The van der Waals surface area contributed by atoms with Gasteiger partial charge in [-0.05, 0) is 70.0 Å². The maximum Gasteiger partial charge on any atom is 0.193 e. The van der Waals surface area contributed by atoms with E-state index in [-0.39, 0.29) is 24.0 Å². The Morgan fingerprint density at radius 1 is 1.33 bits per heavy atom. The molecule has 2 rings (SSSR count). The van der Waals surface area contributed by atoms with Crippen molar-refractivity contribution in [3.8, 4) is 0 Å². The maximum atomic E-state index is 4.96. The summed E-state index contributed by atoms with van der Waals surface area (Å²) in [6.45, 7) is 11.8. The Hall–Kier alpha value is -0.470. The molecule has 0 amide bonds. The minimum atomic E-state index is 0. The summed E-state index contributed by atoms with van der Waals surface area (Å²) in [5, 5.41) is 3.46. The summed E-state index contributed by atoms with van der Waals surface area (Å²) < 4.78 is 0. The summed E-state index contributed by atoms with van der Waals surface area (Å²) in [6, 6.07) is 9.46. The highest BCUT2D eigenvalue weighted by Crippen LogP contribution is 2.19. The molecule has 1 aliphatic heterocycles. The van der Waals surface area contributed by atoms with Gasteiger partial charge in [0.15, 0.2) is 5.96 Å². The highest BCUT2D eigenvalue weighted by molar-refractivity contribution is 14.0. The van der Waals surface area contributed by atoms with E-state index in [0.717, 1.165) is 25.6 Å². The minimum absolute atomic E-state index is 0. The molecular weight excluding hydrogens is 467 g/mol. The van der Waals surface area contributed by atoms with Crippen LogP contribution in [0.2, 0.25) is 0 Å². The topological polar surface area (TPSA) is 30.9 Å². The quantitative estimate of drug-likeness (QED) is 0.256. The van der Waals surface area contributed by atoms with Crippen LogP contribution in [0.5, 0.6) is 0 Å². The Bertz CT molecular complexity index is 562. The number of likely N-dealkylation sites (tertiary alicyclic amines) is 1. The number of nitrogens with one attached hydrogen (secondary N) is 1. The van der Waals surface area contributed by atoms with E-state index in [1.807, 2.05) is 0 Å². The first kappa shape index (κ1) is 24.6. The molecular formula is C21H37IN4S. The Kier molecular flexibility index (Phi) is 11.7. The van der Waals surface area contributed by atoms with Crippen molar-refractivity contribution in [2.45, 2.75) is 51.1 Å². The van der Waals surface area contributed by atoms with Crippen molar-refractivity contribution in [1.82, 2.24) is 15.1 Å². The molecule has 1 unspecified atom stereocenters. The molecule has 0 saturated carbocycles. The van der Waals surface area contributed by atoms with Crippen LogP contribution in [0.3, 0.4) is 0 Å². The van der Waals surface area contributed by atoms with Gasteiger partial charge in [0.1, 0.15) is 0 Å². The van der Waals surface area contributed by atoms with Crippen molar-refractivity contribution in [3.63, 3.8) is 0 Å². The fourth-order valence-corrected chi connectivity index (χ4v) is 3.89. The van der Waals surface area contributed by atoms with Gasteiger partial charge in [-0.25, -0.2) is 0 Å². The standard InChI is InChI=1S/C21H36N4S.HI/c1-6-22-21(23-14-19-8-7-13-25(16-19)17(2)3)24(4)15-18-9-11-20(26-5)12-10-18;/h9-12,17,19H,6-8,13-16H2,1-5H3,(H,22,23);1H. The van der Waals surface area contributed by atoms with E-state index in [1.165, 1.54) is 36.4 Å². The average molecular weight is 505 g/mol. The first-order valence-electron chi connectivity index (χ1n) is 9.89. The van der Waals surface area contributed by atoms with Crippen LogP contribution in [0.1, 0.15) is 39.2 Å². The van der Waals surface area contributed by atoms with E-state index < -0.39 is 0 Å². The number of aliphatic imine (C=N–C) groups is 1. The van der Waals surface area contributed by atoms with E-state index in [4.69, 9.17) is 4.99 Å². The lowest BCUT2D eigenvalue weighted by Crippen LogP contribution is -2.42. The summed E-state index contributed by atoms with van der Waals surface area (Å²) in [5.74, 6) is 1.69. The third-order valence-electron chi connectivity index (χ3n) is 5.06. The number of halogens is 1. The van der Waals surface area contributed by atoms with Crippen molar-refractivity contribution in [2.24, 2.45) is 10.9 Å². The van der Waals surface area contributed by atoms with Gasteiger partial charge in [0.25, 0.3) is 0 Å². The number of piperidine rings is 1. The zero-order valence-electron chi connectivity index (χ0n) is 17.6. The highest BCUT2D eigenvalue weighted by Gasteiger charge is 2.21. The predicted octanol–water partition coefficient (Wildman–Crippen LogP) is 4.54. The lowest BCUT2D eigenvalue weighted by Gasteiger charge is -2.35. The second-order valence-electron chi connectivity index (χ2n) is 7.50. The molecule has 1 aliphatic rings. The van der Waals surface area contributed by atoms with E-state index in [0.29, 0.717) is 12.0 Å². The predicted molar refractivity (Wildman–Crippen MR) is 131 cm³/mol. The molecule has 1 heterocycles. The number of hydrogen-bond acceptors (Lipinski definition) is 3. The van der Waals surface area contributed by atoms with Crippen molar-refractivity contribution >= 4 is 41.7 Å². The molecule has 0 bridgehead atoms. The molecule has 154 valence electrons. The maximum absolute atomic E-state index is 4.96. The molecule has 1 aromatic carbocycles. The number of benzene rings is 1. The van der Waals surface area contributed by atoms with Gasteiger partial charge in [-0.1, -0.05) is 12.1 Å². The van der Waals surface area contributed by atoms with E-state index in [9.17, 15) is 0 Å². The molecule has 1 atom stereocenters. The Morgan fingerprint density at radius 2 is 2.04 bits per heavy atom. The van der Waals surface area contributed by atoms with E-state index in [2.05, 4.69) is 73.5 Å². The third kappa shape index (κ3) is 8.20. The van der Waals surface area contributed by atoms with Gasteiger partial charge in [0.05, 0.1) is 0 Å². The van der Waals surface area contributed by atoms with Crippen molar-refractivity contribution in [3.05, 3.63) is 29.8 Å². The largest absolute Gasteiger partial charge is 0.357 e. The molecule has 6 heteroatoms. The molecule has 1 saturated heterocycles. The van der Waals surface area contributed by atoms with Crippen LogP contribution in [0.15, 0.2) is 34.2 Å². The monoisotopic (exact) mass is 504 g/mol. The zero-order valence-corrected chi connectivity index (χ0v) is 20.7. The SMILES string of the molecule is CCNC(=NCC1CCCN(C(C)C)C1)N(C)Cc1ccc(SC)cc1.I. The summed E-state index contributed by atoms with van der Waals surface area (Å²) in [5.41, 5.74) is 1.32. The van der Waals surface area contributed by atoms with Crippen LogP contribution in [-0.4, -0.2) is 61.3 Å². The zero-order chi connectivity index (χ0) is 18.9. The van der Waals surface area contributed by atoms with Gasteiger partial charge >= 0.3 is 0 Å². The van der Waals surface area contributed by atoms with Gasteiger partial charge in [-0.15, -0.1) is 35.7 Å². The van der Waals surface area contributed by atoms with Crippen LogP contribution >= 0.6 is 35.7 Å². The molecule has 1 fully saturated rings. The van der Waals surface area contributed by atoms with Crippen LogP contribution in [0.25, 0.3) is 0 Å². The van der Waals surface area contributed by atoms with Gasteiger partial charge in [-0.3, -0.25) is 4.99 Å². The lowest BCUT2D eigenvalue weighted by molar-refractivity contribution is 0.143. The fraction of sp³-hybridized carbons (Fsp3) is 0.667. The van der Waals surface area contributed by atoms with Crippen LogP contribution in [0, 0.1) is 5.92 Å². The van der Waals surface area contributed by atoms with Gasteiger partial charge in [0.2, 0.25) is 0 Å². The van der Waals surface area contributed by atoms with Gasteiger partial charge in [-0.2, -0.15) is 0 Å². The molecule has 0 radical (unpaired) electrons. The Balaban J connectivity index is 0.00000364. The number of hydrogen-bond donors (Lipinski definition) is 1. The number of nitrogens with zero attached hydrogens (tertiary/aromatic N) is 3. The summed E-state index contributed by atoms with van der Waals surface area (Å²) in [4.78, 5) is 11.1. The lowest BCUT2D eigenvalue weighted by atomic mass is 9.97. The molecule has 0 aromatic heterocycles. The first-order valence-corrected chi connectivity index (χ1v) is 11.1. The van der Waals surface area contributed by atoms with Crippen molar-refractivity contribution in [1.29, 1.82) is 0 Å². The summed E-state index contributed by atoms with van der Waals surface area (Å²) in [6.07, 6.45) is 4.71. The summed E-state index contributed by atoms with van der Waals surface area (Å²) >= 11 is 1.78. The Labute approximate surface area is 187 Å². The molecule has 0 spiro atoms. The number of rotatable bonds is 7.